The van der Waals surface area contributed by atoms with Crippen LogP contribution in [-0.2, 0) is 0 Å². The van der Waals surface area contributed by atoms with Crippen LogP contribution >= 0.6 is 0 Å². The van der Waals surface area contributed by atoms with Crippen LogP contribution in [0.3, 0.4) is 0 Å². The Morgan fingerprint density at radius 3 is 2.50 bits per heavy atom. The second-order valence-corrected chi connectivity index (χ2v) is 6.38. The van der Waals surface area contributed by atoms with E-state index in [4.69, 9.17) is 4.52 Å². The summed E-state index contributed by atoms with van der Waals surface area (Å²) in [6.07, 6.45) is 4.47. The van der Waals surface area contributed by atoms with E-state index >= 15 is 0 Å². The van der Waals surface area contributed by atoms with Crippen molar-refractivity contribution < 1.29 is 8.91 Å². The minimum absolute atomic E-state index is 0.0719. The zero-order valence-corrected chi connectivity index (χ0v) is 12.5. The molecule has 1 aliphatic carbocycles. The third-order valence-corrected chi connectivity index (χ3v) is 4.75. The molecule has 1 N–H and O–H groups in total. The molecule has 0 bridgehead atoms. The summed E-state index contributed by atoms with van der Waals surface area (Å²) in [5.41, 5.74) is 1.07. The van der Waals surface area contributed by atoms with Gasteiger partial charge >= 0.3 is 0 Å². The van der Waals surface area contributed by atoms with Crippen molar-refractivity contribution in [2.45, 2.75) is 37.5 Å². The number of aromatic nitrogens is 2. The highest BCUT2D eigenvalue weighted by Crippen LogP contribution is 2.41. The molecule has 1 atom stereocenters. The predicted octanol–water partition coefficient (Wildman–Crippen LogP) is 3.22. The van der Waals surface area contributed by atoms with Gasteiger partial charge in [-0.1, -0.05) is 17.3 Å². The SMILES string of the molecule is Fc1ccc(C(c2nc(C3CC3)no2)C2CCNCC2)cc1. The first-order chi connectivity index (χ1) is 10.8. The van der Waals surface area contributed by atoms with Crippen molar-refractivity contribution in [3.63, 3.8) is 0 Å². The zero-order valence-electron chi connectivity index (χ0n) is 12.5. The summed E-state index contributed by atoms with van der Waals surface area (Å²) in [5, 5.41) is 7.55. The number of nitrogens with one attached hydrogen (secondary N) is 1. The Labute approximate surface area is 129 Å². The molecule has 0 spiro atoms. The third kappa shape index (κ3) is 2.77. The molecule has 1 unspecified atom stereocenters. The topological polar surface area (TPSA) is 51.0 Å². The highest BCUT2D eigenvalue weighted by Gasteiger charge is 2.34. The van der Waals surface area contributed by atoms with E-state index in [0.29, 0.717) is 17.7 Å². The third-order valence-electron chi connectivity index (χ3n) is 4.75. The average Bonchev–Trinajstić information content (AvgIpc) is 3.30. The highest BCUT2D eigenvalue weighted by atomic mass is 19.1. The number of piperidine rings is 1. The average molecular weight is 301 g/mol. The van der Waals surface area contributed by atoms with Gasteiger partial charge in [0.15, 0.2) is 5.82 Å². The maximum absolute atomic E-state index is 13.3. The van der Waals surface area contributed by atoms with Gasteiger partial charge in [0.05, 0.1) is 5.92 Å². The minimum atomic E-state index is -0.211. The van der Waals surface area contributed by atoms with Crippen molar-refractivity contribution >= 4 is 0 Å². The fraction of sp³-hybridized carbons (Fsp3) is 0.529. The molecule has 2 heterocycles. The predicted molar refractivity (Wildman–Crippen MR) is 80.1 cm³/mol. The second-order valence-electron chi connectivity index (χ2n) is 6.38. The number of rotatable bonds is 4. The van der Waals surface area contributed by atoms with Gasteiger partial charge in [-0.2, -0.15) is 4.98 Å². The number of benzene rings is 1. The van der Waals surface area contributed by atoms with Crippen LogP contribution < -0.4 is 5.32 Å². The Bertz CT molecular complexity index is 630. The van der Waals surface area contributed by atoms with E-state index in [1.165, 1.54) is 12.1 Å². The van der Waals surface area contributed by atoms with Crippen molar-refractivity contribution in [1.82, 2.24) is 15.5 Å². The Balaban J connectivity index is 1.67. The lowest BCUT2D eigenvalue weighted by molar-refractivity contribution is 0.282. The molecule has 5 heteroatoms. The first-order valence-corrected chi connectivity index (χ1v) is 8.11. The van der Waals surface area contributed by atoms with E-state index < -0.39 is 0 Å². The van der Waals surface area contributed by atoms with E-state index in [2.05, 4.69) is 15.5 Å². The molecule has 2 aromatic rings. The van der Waals surface area contributed by atoms with E-state index in [0.717, 1.165) is 50.2 Å². The van der Waals surface area contributed by atoms with Crippen LogP contribution in [0.25, 0.3) is 0 Å². The summed E-state index contributed by atoms with van der Waals surface area (Å²) in [6.45, 7) is 2.01. The van der Waals surface area contributed by atoms with Crippen LogP contribution in [-0.4, -0.2) is 23.2 Å². The molecule has 1 aromatic heterocycles. The lowest BCUT2D eigenvalue weighted by atomic mass is 9.80. The Morgan fingerprint density at radius 2 is 1.82 bits per heavy atom. The molecule has 1 aliphatic heterocycles. The van der Waals surface area contributed by atoms with Crippen molar-refractivity contribution in [1.29, 1.82) is 0 Å². The summed E-state index contributed by atoms with van der Waals surface area (Å²) in [6, 6.07) is 6.73. The van der Waals surface area contributed by atoms with E-state index in [1.54, 1.807) is 0 Å². The van der Waals surface area contributed by atoms with Gasteiger partial charge in [0, 0.05) is 5.92 Å². The monoisotopic (exact) mass is 301 g/mol. The molecule has 4 nitrogen and oxygen atoms in total. The molecule has 4 rings (SSSR count). The van der Waals surface area contributed by atoms with Crippen molar-refractivity contribution in [2.24, 2.45) is 5.92 Å². The zero-order chi connectivity index (χ0) is 14.9. The highest BCUT2D eigenvalue weighted by molar-refractivity contribution is 5.27. The lowest BCUT2D eigenvalue weighted by Crippen LogP contribution is -2.31. The fourth-order valence-electron chi connectivity index (χ4n) is 3.35. The molecule has 22 heavy (non-hydrogen) atoms. The first-order valence-electron chi connectivity index (χ1n) is 8.11. The number of nitrogens with zero attached hydrogens (tertiary/aromatic N) is 2. The molecule has 0 amide bonds. The maximum Gasteiger partial charge on any atom is 0.234 e. The summed E-state index contributed by atoms with van der Waals surface area (Å²) in [4.78, 5) is 4.65. The molecule has 116 valence electrons. The standard InChI is InChI=1S/C17H20FN3O/c18-14-5-3-11(4-6-14)15(12-7-9-19-10-8-12)17-20-16(21-22-17)13-1-2-13/h3-6,12-13,15,19H,1-2,7-10H2. The minimum Gasteiger partial charge on any atom is -0.339 e. The summed E-state index contributed by atoms with van der Waals surface area (Å²) in [7, 11) is 0. The number of hydrogen-bond acceptors (Lipinski definition) is 4. The molecule has 1 saturated carbocycles. The fourth-order valence-corrected chi connectivity index (χ4v) is 3.35. The van der Waals surface area contributed by atoms with Gasteiger partial charge in [-0.15, -0.1) is 0 Å². The summed E-state index contributed by atoms with van der Waals surface area (Å²) in [5.74, 6) is 2.34. The van der Waals surface area contributed by atoms with Crippen molar-refractivity contribution in [3.05, 3.63) is 47.4 Å². The van der Waals surface area contributed by atoms with Crippen LogP contribution in [0.2, 0.25) is 0 Å². The van der Waals surface area contributed by atoms with E-state index in [9.17, 15) is 4.39 Å². The molecular formula is C17H20FN3O. The quantitative estimate of drug-likeness (QED) is 0.942. The second kappa shape index (κ2) is 5.80. The molecule has 0 radical (unpaired) electrons. The van der Waals surface area contributed by atoms with Crippen LogP contribution in [0.4, 0.5) is 4.39 Å². The largest absolute Gasteiger partial charge is 0.339 e. The number of hydrogen-bond donors (Lipinski definition) is 1. The van der Waals surface area contributed by atoms with Crippen molar-refractivity contribution in [2.75, 3.05) is 13.1 Å². The molecule has 1 saturated heterocycles. The molecular weight excluding hydrogens is 281 g/mol. The van der Waals surface area contributed by atoms with Crippen LogP contribution in [0.1, 0.15) is 54.8 Å². The smallest absolute Gasteiger partial charge is 0.234 e. The van der Waals surface area contributed by atoms with Gasteiger partial charge in [-0.05, 0) is 62.4 Å². The Kier molecular flexibility index (Phi) is 3.66. The molecule has 2 fully saturated rings. The van der Waals surface area contributed by atoms with E-state index in [-0.39, 0.29) is 11.7 Å². The van der Waals surface area contributed by atoms with Gasteiger partial charge in [-0.3, -0.25) is 0 Å². The van der Waals surface area contributed by atoms with Gasteiger partial charge in [0.2, 0.25) is 5.89 Å². The van der Waals surface area contributed by atoms with Gasteiger partial charge in [-0.25, -0.2) is 4.39 Å². The van der Waals surface area contributed by atoms with Crippen molar-refractivity contribution in [3.8, 4) is 0 Å². The normalized spacial score (nSPS) is 21.0. The van der Waals surface area contributed by atoms with Gasteiger partial charge in [0.25, 0.3) is 0 Å². The van der Waals surface area contributed by atoms with Crippen LogP contribution in [0.5, 0.6) is 0 Å². The molecule has 1 aromatic carbocycles. The lowest BCUT2D eigenvalue weighted by Gasteiger charge is -2.28. The Morgan fingerprint density at radius 1 is 1.09 bits per heavy atom. The summed E-state index contributed by atoms with van der Waals surface area (Å²) < 4.78 is 18.8. The van der Waals surface area contributed by atoms with Crippen LogP contribution in [0.15, 0.2) is 28.8 Å². The van der Waals surface area contributed by atoms with Crippen LogP contribution in [0, 0.1) is 11.7 Å². The maximum atomic E-state index is 13.3. The van der Waals surface area contributed by atoms with Gasteiger partial charge in [0.1, 0.15) is 5.82 Å². The molecule has 2 aliphatic rings. The van der Waals surface area contributed by atoms with Gasteiger partial charge < -0.3 is 9.84 Å². The van der Waals surface area contributed by atoms with E-state index in [1.807, 2.05) is 12.1 Å². The first kappa shape index (κ1) is 13.9. The Hall–Kier alpha value is -1.75. The number of halogens is 1. The summed E-state index contributed by atoms with van der Waals surface area (Å²) >= 11 is 0.